The van der Waals surface area contributed by atoms with E-state index in [-0.39, 0.29) is 36.0 Å². The summed E-state index contributed by atoms with van der Waals surface area (Å²) >= 11 is 0. The molecule has 0 aliphatic carbocycles. The van der Waals surface area contributed by atoms with E-state index in [1.165, 1.54) is 0 Å². The Labute approximate surface area is 108 Å². The molecule has 1 N–H and O–H groups in total. The minimum Gasteiger partial charge on any atom is -0.394 e. The first-order valence-electron chi connectivity index (χ1n) is 6.62. The summed E-state index contributed by atoms with van der Waals surface area (Å²) in [6, 6.07) is -0.0655. The van der Waals surface area contributed by atoms with E-state index in [1.807, 2.05) is 0 Å². The van der Waals surface area contributed by atoms with E-state index < -0.39 is 9.84 Å². The second-order valence-electron chi connectivity index (χ2n) is 5.39. The van der Waals surface area contributed by atoms with Crippen molar-refractivity contribution in [1.29, 1.82) is 0 Å². The summed E-state index contributed by atoms with van der Waals surface area (Å²) in [5.41, 5.74) is 0. The highest BCUT2D eigenvalue weighted by Crippen LogP contribution is 2.24. The number of sulfone groups is 1. The van der Waals surface area contributed by atoms with E-state index in [2.05, 4.69) is 0 Å². The smallest absolute Gasteiger partial charge is 0.223 e. The van der Waals surface area contributed by atoms with Crippen molar-refractivity contribution in [3.8, 4) is 0 Å². The van der Waals surface area contributed by atoms with E-state index in [0.29, 0.717) is 19.4 Å². The van der Waals surface area contributed by atoms with Crippen LogP contribution in [0.2, 0.25) is 0 Å². The molecule has 104 valence electrons. The largest absolute Gasteiger partial charge is 0.394 e. The van der Waals surface area contributed by atoms with Gasteiger partial charge in [0.15, 0.2) is 9.84 Å². The lowest BCUT2D eigenvalue weighted by Crippen LogP contribution is -2.46. The highest BCUT2D eigenvalue weighted by molar-refractivity contribution is 7.91. The molecule has 6 heteroatoms. The molecule has 2 fully saturated rings. The van der Waals surface area contributed by atoms with Gasteiger partial charge >= 0.3 is 0 Å². The average molecular weight is 275 g/mol. The van der Waals surface area contributed by atoms with E-state index >= 15 is 0 Å². The molecule has 1 amide bonds. The Morgan fingerprint density at radius 3 is 2.67 bits per heavy atom. The van der Waals surface area contributed by atoms with Gasteiger partial charge in [-0.3, -0.25) is 4.79 Å². The molecule has 2 unspecified atom stereocenters. The third-order valence-electron chi connectivity index (χ3n) is 3.95. The molecular weight excluding hydrogens is 254 g/mol. The van der Waals surface area contributed by atoms with Gasteiger partial charge in [-0.1, -0.05) is 0 Å². The van der Waals surface area contributed by atoms with Crippen LogP contribution >= 0.6 is 0 Å². The zero-order valence-electron chi connectivity index (χ0n) is 10.5. The van der Waals surface area contributed by atoms with Crippen LogP contribution in [0.25, 0.3) is 0 Å². The van der Waals surface area contributed by atoms with Gasteiger partial charge < -0.3 is 10.0 Å². The number of carbonyl (C=O) groups excluding carboxylic acids is 1. The van der Waals surface area contributed by atoms with Crippen LogP contribution in [-0.4, -0.2) is 55.0 Å². The number of aliphatic hydroxyl groups excluding tert-OH is 1. The van der Waals surface area contributed by atoms with Crippen LogP contribution < -0.4 is 0 Å². The molecule has 5 nitrogen and oxygen atoms in total. The van der Waals surface area contributed by atoms with Gasteiger partial charge in [-0.05, 0) is 31.6 Å². The summed E-state index contributed by atoms with van der Waals surface area (Å²) in [5, 5.41) is 9.26. The van der Waals surface area contributed by atoms with Crippen LogP contribution in [0.4, 0.5) is 0 Å². The summed E-state index contributed by atoms with van der Waals surface area (Å²) in [7, 11) is -2.91. The maximum Gasteiger partial charge on any atom is 0.223 e. The Hall–Kier alpha value is -0.620. The fourth-order valence-corrected chi connectivity index (χ4v) is 4.78. The van der Waals surface area contributed by atoms with E-state index in [4.69, 9.17) is 0 Å². The van der Waals surface area contributed by atoms with E-state index in [9.17, 15) is 18.3 Å². The van der Waals surface area contributed by atoms with Gasteiger partial charge in [-0.2, -0.15) is 0 Å². The molecule has 0 spiro atoms. The molecule has 0 saturated carbocycles. The predicted molar refractivity (Wildman–Crippen MR) is 67.8 cm³/mol. The third-order valence-corrected chi connectivity index (χ3v) is 5.79. The highest BCUT2D eigenvalue weighted by Gasteiger charge is 2.32. The van der Waals surface area contributed by atoms with Crippen molar-refractivity contribution in [2.24, 2.45) is 5.92 Å². The molecular formula is C12H21NO4S. The van der Waals surface area contributed by atoms with Gasteiger partial charge in [-0.25, -0.2) is 8.42 Å². The number of carbonyl (C=O) groups is 1. The van der Waals surface area contributed by atoms with Gasteiger partial charge in [-0.15, -0.1) is 0 Å². The molecule has 0 radical (unpaired) electrons. The number of aliphatic hydroxyl groups is 1. The van der Waals surface area contributed by atoms with Crippen LogP contribution in [0.5, 0.6) is 0 Å². The molecule has 0 aromatic carbocycles. The zero-order chi connectivity index (χ0) is 13.2. The molecule has 2 heterocycles. The second kappa shape index (κ2) is 5.57. The summed E-state index contributed by atoms with van der Waals surface area (Å²) < 4.78 is 22.7. The number of amides is 1. The maximum absolute atomic E-state index is 12.2. The van der Waals surface area contributed by atoms with E-state index in [1.54, 1.807) is 4.90 Å². The molecule has 0 bridgehead atoms. The van der Waals surface area contributed by atoms with Gasteiger partial charge in [0.05, 0.1) is 24.2 Å². The standard InChI is InChI=1S/C12H21NO4S/c14-8-11-3-1-2-5-13(11)12(15)7-10-4-6-18(16,17)9-10/h10-11,14H,1-9H2. The number of rotatable bonds is 3. The Balaban J connectivity index is 1.91. The maximum atomic E-state index is 12.2. The second-order valence-corrected chi connectivity index (χ2v) is 7.62. The van der Waals surface area contributed by atoms with Crippen molar-refractivity contribution >= 4 is 15.7 Å². The van der Waals surface area contributed by atoms with Crippen molar-refractivity contribution < 1.29 is 18.3 Å². The fourth-order valence-electron chi connectivity index (χ4n) is 2.92. The third kappa shape index (κ3) is 3.23. The van der Waals surface area contributed by atoms with Crippen LogP contribution in [0, 0.1) is 5.92 Å². The van der Waals surface area contributed by atoms with Crippen LogP contribution in [0.15, 0.2) is 0 Å². The number of piperidine rings is 1. The minimum absolute atomic E-state index is 0.00864. The first-order valence-corrected chi connectivity index (χ1v) is 8.45. The van der Waals surface area contributed by atoms with Gasteiger partial charge in [0, 0.05) is 13.0 Å². The Morgan fingerprint density at radius 1 is 1.28 bits per heavy atom. The topological polar surface area (TPSA) is 74.7 Å². The Kier molecular flexibility index (Phi) is 4.27. The number of nitrogens with zero attached hydrogens (tertiary/aromatic N) is 1. The lowest BCUT2D eigenvalue weighted by Gasteiger charge is -2.35. The molecule has 2 aliphatic heterocycles. The van der Waals surface area contributed by atoms with Crippen molar-refractivity contribution in [1.82, 2.24) is 4.90 Å². The first-order chi connectivity index (χ1) is 8.52. The van der Waals surface area contributed by atoms with Crippen molar-refractivity contribution in [2.75, 3.05) is 24.7 Å². The van der Waals surface area contributed by atoms with Crippen molar-refractivity contribution in [3.05, 3.63) is 0 Å². The number of likely N-dealkylation sites (tertiary alicyclic amines) is 1. The molecule has 2 saturated heterocycles. The van der Waals surface area contributed by atoms with Crippen LogP contribution in [0.3, 0.4) is 0 Å². The number of hydrogen-bond acceptors (Lipinski definition) is 4. The molecule has 2 rings (SSSR count). The fraction of sp³-hybridized carbons (Fsp3) is 0.917. The van der Waals surface area contributed by atoms with Gasteiger partial charge in [0.25, 0.3) is 0 Å². The molecule has 0 aromatic heterocycles. The lowest BCUT2D eigenvalue weighted by atomic mass is 9.99. The monoisotopic (exact) mass is 275 g/mol. The van der Waals surface area contributed by atoms with Crippen molar-refractivity contribution in [3.63, 3.8) is 0 Å². The normalized spacial score (nSPS) is 31.5. The Bertz CT molecular complexity index is 406. The van der Waals surface area contributed by atoms with Gasteiger partial charge in [0.1, 0.15) is 0 Å². The average Bonchev–Trinajstić information content (AvgIpc) is 2.68. The van der Waals surface area contributed by atoms with Gasteiger partial charge in [0.2, 0.25) is 5.91 Å². The number of hydrogen-bond donors (Lipinski definition) is 1. The molecule has 2 atom stereocenters. The summed E-state index contributed by atoms with van der Waals surface area (Å²) in [6.45, 7) is 0.707. The molecule has 2 aliphatic rings. The van der Waals surface area contributed by atoms with Crippen LogP contribution in [0.1, 0.15) is 32.1 Å². The molecule has 18 heavy (non-hydrogen) atoms. The zero-order valence-corrected chi connectivity index (χ0v) is 11.4. The quantitative estimate of drug-likeness (QED) is 0.797. The SMILES string of the molecule is O=C(CC1CCS(=O)(=O)C1)N1CCCCC1CO. The summed E-state index contributed by atoms with van der Waals surface area (Å²) in [5.74, 6) is 0.352. The summed E-state index contributed by atoms with van der Waals surface area (Å²) in [4.78, 5) is 13.9. The van der Waals surface area contributed by atoms with E-state index in [0.717, 1.165) is 19.3 Å². The summed E-state index contributed by atoms with van der Waals surface area (Å²) in [6.07, 6.45) is 3.80. The lowest BCUT2D eigenvalue weighted by molar-refractivity contribution is -0.136. The molecule has 0 aromatic rings. The van der Waals surface area contributed by atoms with Crippen LogP contribution in [-0.2, 0) is 14.6 Å². The Morgan fingerprint density at radius 2 is 2.06 bits per heavy atom. The predicted octanol–water partition coefficient (Wildman–Crippen LogP) is 0.185. The minimum atomic E-state index is -2.91. The van der Waals surface area contributed by atoms with Crippen molar-refractivity contribution in [2.45, 2.75) is 38.1 Å². The first kappa shape index (κ1) is 13.8. The highest BCUT2D eigenvalue weighted by atomic mass is 32.2.